The van der Waals surface area contributed by atoms with E-state index in [1.807, 2.05) is 17.9 Å². The van der Waals surface area contributed by atoms with Gasteiger partial charge in [0.1, 0.15) is 5.75 Å². The first-order chi connectivity index (χ1) is 15.6. The fourth-order valence-corrected chi connectivity index (χ4v) is 4.69. The Labute approximate surface area is 197 Å². The van der Waals surface area contributed by atoms with Crippen LogP contribution in [0.15, 0.2) is 64.2 Å². The normalized spacial score (nSPS) is 15.5. The Morgan fingerprint density at radius 2 is 1.88 bits per heavy atom. The largest absolute Gasteiger partial charge is 0.484 e. The van der Waals surface area contributed by atoms with Crippen molar-refractivity contribution in [3.63, 3.8) is 0 Å². The number of carbonyl (C=O) groups excluding carboxylic acids is 1. The van der Waals surface area contributed by atoms with Gasteiger partial charge in [-0.1, -0.05) is 53.7 Å². The third-order valence-electron chi connectivity index (χ3n) is 5.54. The molecular weight excluding hydrogens is 446 g/mol. The number of piperidine rings is 1. The zero-order chi connectivity index (χ0) is 22.3. The molecule has 2 heterocycles. The minimum absolute atomic E-state index is 0.116. The van der Waals surface area contributed by atoms with Crippen molar-refractivity contribution in [3.05, 3.63) is 71.1 Å². The fourth-order valence-electron chi connectivity index (χ4n) is 3.78. The summed E-state index contributed by atoms with van der Waals surface area (Å²) in [6.07, 6.45) is 3.14. The molecule has 32 heavy (non-hydrogen) atoms. The number of thioether (sulfide) groups is 1. The summed E-state index contributed by atoms with van der Waals surface area (Å²) >= 11 is 7.16. The van der Waals surface area contributed by atoms with Gasteiger partial charge in [-0.25, -0.2) is 0 Å². The van der Waals surface area contributed by atoms with Crippen LogP contribution in [0.4, 0.5) is 0 Å². The number of likely N-dealkylation sites (tertiary alicyclic amines) is 1. The topological polar surface area (TPSA) is 68.5 Å². The summed E-state index contributed by atoms with van der Waals surface area (Å²) in [5.74, 6) is 1.78. The third kappa shape index (κ3) is 6.26. The molecule has 0 bridgehead atoms. The fraction of sp³-hybridized carbons (Fsp3) is 0.375. The molecule has 3 aromatic rings. The van der Waals surface area contributed by atoms with Crippen LogP contribution in [0, 0.1) is 5.92 Å². The monoisotopic (exact) mass is 471 g/mol. The zero-order valence-corrected chi connectivity index (χ0v) is 19.5. The minimum atomic E-state index is -0.286. The zero-order valence-electron chi connectivity index (χ0n) is 17.9. The van der Waals surface area contributed by atoms with Gasteiger partial charge in [-0.05, 0) is 61.9 Å². The Bertz CT molecular complexity index is 1000. The first-order valence-electron chi connectivity index (χ1n) is 10.8. The van der Waals surface area contributed by atoms with Crippen LogP contribution < -0.4 is 4.74 Å². The Balaban J connectivity index is 1.22. The standard InChI is InChI=1S/C24H26ClN3O3S/c1-17(23(29)28-13-11-19(12-14-28)15-18-5-3-2-4-6-18)32-24-27-26-22(31-24)16-30-21-9-7-20(25)8-10-21/h2-10,17,19H,11-16H2,1H3. The van der Waals surface area contributed by atoms with E-state index in [9.17, 15) is 4.79 Å². The first-order valence-corrected chi connectivity index (χ1v) is 12.0. The van der Waals surface area contributed by atoms with Gasteiger partial charge in [0.2, 0.25) is 5.91 Å². The number of aromatic nitrogens is 2. The lowest BCUT2D eigenvalue weighted by Gasteiger charge is -2.33. The number of nitrogens with zero attached hydrogens (tertiary/aromatic N) is 3. The summed E-state index contributed by atoms with van der Waals surface area (Å²) in [6.45, 7) is 3.64. The second-order valence-electron chi connectivity index (χ2n) is 7.92. The molecular formula is C24H26ClN3O3S. The molecule has 1 unspecified atom stereocenters. The van der Waals surface area contributed by atoms with Gasteiger partial charge in [-0.3, -0.25) is 4.79 Å². The second kappa shape index (κ2) is 10.9. The summed E-state index contributed by atoms with van der Waals surface area (Å²) in [6, 6.07) is 17.6. The van der Waals surface area contributed by atoms with Crippen LogP contribution in [-0.4, -0.2) is 39.3 Å². The van der Waals surface area contributed by atoms with E-state index in [1.54, 1.807) is 24.3 Å². The summed E-state index contributed by atoms with van der Waals surface area (Å²) in [5.41, 5.74) is 1.37. The van der Waals surface area contributed by atoms with Crippen molar-refractivity contribution in [1.29, 1.82) is 0 Å². The van der Waals surface area contributed by atoms with Crippen molar-refractivity contribution in [2.45, 2.75) is 43.3 Å². The molecule has 1 amide bonds. The summed E-state index contributed by atoms with van der Waals surface area (Å²) in [5, 5.41) is 8.79. The Morgan fingerprint density at radius 3 is 2.59 bits per heavy atom. The number of hydrogen-bond donors (Lipinski definition) is 0. The quantitative estimate of drug-likeness (QED) is 0.417. The van der Waals surface area contributed by atoms with Crippen LogP contribution in [0.5, 0.6) is 5.75 Å². The van der Waals surface area contributed by atoms with E-state index in [-0.39, 0.29) is 17.8 Å². The van der Waals surface area contributed by atoms with Gasteiger partial charge in [0.25, 0.3) is 11.1 Å². The lowest BCUT2D eigenvalue weighted by atomic mass is 9.90. The lowest BCUT2D eigenvalue weighted by molar-refractivity contribution is -0.131. The molecule has 1 aromatic heterocycles. The SMILES string of the molecule is CC(Sc1nnc(COc2ccc(Cl)cc2)o1)C(=O)N1CCC(Cc2ccccc2)CC1. The van der Waals surface area contributed by atoms with Crippen molar-refractivity contribution >= 4 is 29.3 Å². The van der Waals surface area contributed by atoms with Crippen LogP contribution in [0.25, 0.3) is 0 Å². The highest BCUT2D eigenvalue weighted by atomic mass is 35.5. The Hall–Kier alpha value is -2.51. The highest BCUT2D eigenvalue weighted by Gasteiger charge is 2.27. The third-order valence-corrected chi connectivity index (χ3v) is 6.72. The average Bonchev–Trinajstić information content (AvgIpc) is 3.26. The molecule has 0 N–H and O–H groups in total. The molecule has 0 spiro atoms. The smallest absolute Gasteiger partial charge is 0.277 e. The second-order valence-corrected chi connectivity index (χ2v) is 9.65. The van der Waals surface area contributed by atoms with Crippen molar-refractivity contribution < 1.29 is 13.9 Å². The number of halogens is 1. The van der Waals surface area contributed by atoms with Gasteiger partial charge in [0.05, 0.1) is 5.25 Å². The molecule has 0 radical (unpaired) electrons. The maximum atomic E-state index is 12.9. The molecule has 168 valence electrons. The number of rotatable bonds is 8. The number of amides is 1. The van der Waals surface area contributed by atoms with Gasteiger partial charge in [-0.15, -0.1) is 10.2 Å². The van der Waals surface area contributed by atoms with E-state index in [2.05, 4.69) is 34.5 Å². The van der Waals surface area contributed by atoms with E-state index in [0.717, 1.165) is 32.4 Å². The van der Waals surface area contributed by atoms with E-state index >= 15 is 0 Å². The molecule has 8 heteroatoms. The maximum Gasteiger partial charge on any atom is 0.277 e. The van der Waals surface area contributed by atoms with Gasteiger partial charge in [0, 0.05) is 18.1 Å². The highest BCUT2D eigenvalue weighted by Crippen LogP contribution is 2.27. The lowest BCUT2D eigenvalue weighted by Crippen LogP contribution is -2.42. The molecule has 1 aliphatic rings. The van der Waals surface area contributed by atoms with Crippen LogP contribution in [0.1, 0.15) is 31.2 Å². The van der Waals surface area contributed by atoms with E-state index < -0.39 is 0 Å². The van der Waals surface area contributed by atoms with Crippen LogP contribution in [0.3, 0.4) is 0 Å². The van der Waals surface area contributed by atoms with Crippen molar-refractivity contribution in [3.8, 4) is 5.75 Å². The van der Waals surface area contributed by atoms with E-state index in [0.29, 0.717) is 27.8 Å². The molecule has 6 nitrogen and oxygen atoms in total. The van der Waals surface area contributed by atoms with Gasteiger partial charge < -0.3 is 14.1 Å². The van der Waals surface area contributed by atoms with E-state index in [4.69, 9.17) is 20.8 Å². The molecule has 4 rings (SSSR count). The molecule has 1 atom stereocenters. The predicted octanol–water partition coefficient (Wildman–Crippen LogP) is 5.26. The Kier molecular flexibility index (Phi) is 7.71. The molecule has 1 aliphatic heterocycles. The first kappa shape index (κ1) is 22.7. The number of benzene rings is 2. The van der Waals surface area contributed by atoms with Crippen molar-refractivity contribution in [2.75, 3.05) is 13.1 Å². The number of ether oxygens (including phenoxy) is 1. The summed E-state index contributed by atoms with van der Waals surface area (Å²) in [7, 11) is 0. The number of hydrogen-bond acceptors (Lipinski definition) is 6. The maximum absolute atomic E-state index is 12.9. The van der Waals surface area contributed by atoms with Gasteiger partial charge in [0.15, 0.2) is 6.61 Å². The van der Waals surface area contributed by atoms with Crippen molar-refractivity contribution in [1.82, 2.24) is 15.1 Å². The molecule has 2 aromatic carbocycles. The molecule has 0 saturated carbocycles. The van der Waals surface area contributed by atoms with Crippen LogP contribution in [0.2, 0.25) is 5.02 Å². The highest BCUT2D eigenvalue weighted by molar-refractivity contribution is 8.00. The van der Waals surface area contributed by atoms with Gasteiger partial charge in [-0.2, -0.15) is 0 Å². The Morgan fingerprint density at radius 1 is 1.16 bits per heavy atom. The number of carbonyl (C=O) groups is 1. The molecule has 1 fully saturated rings. The molecule has 1 saturated heterocycles. The van der Waals surface area contributed by atoms with Crippen molar-refractivity contribution in [2.24, 2.45) is 5.92 Å². The van der Waals surface area contributed by atoms with Gasteiger partial charge >= 0.3 is 0 Å². The summed E-state index contributed by atoms with van der Waals surface area (Å²) < 4.78 is 11.3. The molecule has 0 aliphatic carbocycles. The average molecular weight is 472 g/mol. The van der Waals surface area contributed by atoms with Crippen LogP contribution in [-0.2, 0) is 17.8 Å². The summed E-state index contributed by atoms with van der Waals surface area (Å²) in [4.78, 5) is 14.9. The minimum Gasteiger partial charge on any atom is -0.484 e. The predicted molar refractivity (Wildman–Crippen MR) is 125 cm³/mol. The van der Waals surface area contributed by atoms with E-state index in [1.165, 1.54) is 17.3 Å². The van der Waals surface area contributed by atoms with Crippen LogP contribution >= 0.6 is 23.4 Å².